The average molecular weight is 280 g/mol. The minimum atomic E-state index is 1.32. The summed E-state index contributed by atoms with van der Waals surface area (Å²) in [7, 11) is 0. The Kier molecular flexibility index (Phi) is 3.43. The number of thioether (sulfide) groups is 4. The van der Waals surface area contributed by atoms with E-state index in [4.69, 9.17) is 0 Å². The van der Waals surface area contributed by atoms with E-state index in [2.05, 4.69) is 46.6 Å². The van der Waals surface area contributed by atoms with Crippen molar-refractivity contribution in [3.63, 3.8) is 0 Å². The smallest absolute Gasteiger partial charge is 0.0700 e. The third-order valence-corrected chi connectivity index (χ3v) is 7.18. The third-order valence-electron chi connectivity index (χ3n) is 2.11. The predicted molar refractivity (Wildman–Crippen MR) is 80.9 cm³/mol. The highest BCUT2D eigenvalue weighted by Gasteiger charge is 2.19. The zero-order valence-electron chi connectivity index (χ0n) is 8.25. The van der Waals surface area contributed by atoms with E-state index in [9.17, 15) is 0 Å². The monoisotopic (exact) mass is 280 g/mol. The lowest BCUT2D eigenvalue weighted by molar-refractivity contribution is 1.66. The highest BCUT2D eigenvalue weighted by molar-refractivity contribution is 8.35. The lowest BCUT2D eigenvalue weighted by atomic mass is 10.2. The van der Waals surface area contributed by atoms with Crippen LogP contribution in [0.1, 0.15) is 5.56 Å². The quantitative estimate of drug-likeness (QED) is 0.661. The lowest BCUT2D eigenvalue weighted by Gasteiger charge is -2.02. The minimum absolute atomic E-state index is 1.32. The molecule has 0 amide bonds. The van der Waals surface area contributed by atoms with Crippen molar-refractivity contribution in [2.45, 2.75) is 0 Å². The molecule has 1 aromatic carbocycles. The molecule has 0 atom stereocenters. The number of hydrogen-bond acceptors (Lipinski definition) is 4. The molecule has 0 aromatic heterocycles. The summed E-state index contributed by atoms with van der Waals surface area (Å²) in [6, 6.07) is 10.6. The van der Waals surface area contributed by atoms with E-state index in [1.54, 1.807) is 0 Å². The summed E-state index contributed by atoms with van der Waals surface area (Å²) in [4.78, 5) is 1.36. The molecule has 16 heavy (non-hydrogen) atoms. The molecule has 2 aliphatic heterocycles. The summed E-state index contributed by atoms with van der Waals surface area (Å²) in [6.07, 6.45) is 0. The van der Waals surface area contributed by atoms with Gasteiger partial charge in [-0.05, 0) is 21.8 Å². The van der Waals surface area contributed by atoms with Gasteiger partial charge in [0.1, 0.15) is 0 Å². The normalized spacial score (nSPS) is 19.4. The van der Waals surface area contributed by atoms with E-state index in [0.29, 0.717) is 0 Å². The van der Waals surface area contributed by atoms with E-state index in [1.165, 1.54) is 18.9 Å². The average Bonchev–Trinajstić information content (AvgIpc) is 3.01. The Labute approximate surface area is 112 Å². The fourth-order valence-corrected chi connectivity index (χ4v) is 5.86. The van der Waals surface area contributed by atoms with Crippen LogP contribution in [0.5, 0.6) is 0 Å². The van der Waals surface area contributed by atoms with Crippen LogP contribution < -0.4 is 0 Å². The first-order valence-electron chi connectivity index (χ1n) is 4.76. The van der Waals surface area contributed by atoms with Gasteiger partial charge in [0.15, 0.2) is 0 Å². The number of rotatable bonds is 1. The van der Waals surface area contributed by atoms with Gasteiger partial charge in [-0.3, -0.25) is 0 Å². The fraction of sp³-hybridized carbons (Fsp3) is 0. The molecule has 3 rings (SSSR count). The maximum Gasteiger partial charge on any atom is 0.0700 e. The minimum Gasteiger partial charge on any atom is -0.0884 e. The largest absolute Gasteiger partial charge is 0.0884 e. The molecule has 0 saturated carbocycles. The Morgan fingerprint density at radius 2 is 1.50 bits per heavy atom. The maximum atomic E-state index is 2.25. The van der Waals surface area contributed by atoms with Crippen LogP contribution in [0.2, 0.25) is 0 Å². The third kappa shape index (κ3) is 2.25. The second-order valence-electron chi connectivity index (χ2n) is 3.15. The molecule has 0 bridgehead atoms. The molecule has 80 valence electrons. The summed E-state index contributed by atoms with van der Waals surface area (Å²) in [5.41, 5.74) is 1.32. The van der Waals surface area contributed by atoms with Crippen molar-refractivity contribution in [3.8, 4) is 0 Å². The van der Waals surface area contributed by atoms with Gasteiger partial charge in [0, 0.05) is 4.91 Å². The zero-order chi connectivity index (χ0) is 10.8. The van der Waals surface area contributed by atoms with Crippen LogP contribution in [0.15, 0.2) is 55.0 Å². The van der Waals surface area contributed by atoms with Gasteiger partial charge in [-0.1, -0.05) is 77.4 Å². The SMILES string of the molecule is C1=CSC(=C2SC=C(c3ccccc3)S2)S1. The Balaban J connectivity index is 1.80. The highest BCUT2D eigenvalue weighted by atomic mass is 32.2. The van der Waals surface area contributed by atoms with Gasteiger partial charge in [0.05, 0.1) is 8.47 Å². The van der Waals surface area contributed by atoms with Crippen molar-refractivity contribution in [1.29, 1.82) is 0 Å². The maximum absolute atomic E-state index is 2.25. The molecule has 0 nitrogen and oxygen atoms in total. The van der Waals surface area contributed by atoms with Crippen molar-refractivity contribution in [2.24, 2.45) is 0 Å². The van der Waals surface area contributed by atoms with Gasteiger partial charge in [0.2, 0.25) is 0 Å². The number of benzene rings is 1. The van der Waals surface area contributed by atoms with Gasteiger partial charge in [0.25, 0.3) is 0 Å². The van der Waals surface area contributed by atoms with Gasteiger partial charge in [-0.2, -0.15) is 0 Å². The second-order valence-corrected chi connectivity index (χ2v) is 7.43. The molecule has 0 spiro atoms. The molecule has 0 saturated heterocycles. The Bertz CT molecular complexity index is 475. The Morgan fingerprint density at radius 1 is 0.750 bits per heavy atom. The molecular weight excluding hydrogens is 272 g/mol. The molecule has 2 aliphatic rings. The summed E-state index contributed by atoms with van der Waals surface area (Å²) in [6.45, 7) is 0. The molecule has 0 fully saturated rings. The van der Waals surface area contributed by atoms with Gasteiger partial charge >= 0.3 is 0 Å². The zero-order valence-corrected chi connectivity index (χ0v) is 11.5. The van der Waals surface area contributed by atoms with E-state index >= 15 is 0 Å². The lowest BCUT2D eigenvalue weighted by Crippen LogP contribution is -1.74. The van der Waals surface area contributed by atoms with Crippen LogP contribution in [-0.2, 0) is 0 Å². The van der Waals surface area contributed by atoms with E-state index in [-0.39, 0.29) is 0 Å². The van der Waals surface area contributed by atoms with Crippen molar-refractivity contribution < 1.29 is 0 Å². The van der Waals surface area contributed by atoms with Crippen LogP contribution in [0, 0.1) is 0 Å². The molecule has 4 heteroatoms. The molecule has 0 unspecified atom stereocenters. The van der Waals surface area contributed by atoms with Crippen LogP contribution in [0.3, 0.4) is 0 Å². The van der Waals surface area contributed by atoms with Crippen LogP contribution in [0.4, 0.5) is 0 Å². The van der Waals surface area contributed by atoms with Crippen LogP contribution >= 0.6 is 47.0 Å². The van der Waals surface area contributed by atoms with Crippen molar-refractivity contribution in [1.82, 2.24) is 0 Å². The van der Waals surface area contributed by atoms with Crippen molar-refractivity contribution >= 4 is 52.0 Å². The summed E-state index contributed by atoms with van der Waals surface area (Å²) in [5, 5.41) is 6.55. The standard InChI is InChI=1S/C12H8S4/c1-2-4-9(5-3-1)10-8-15-12(16-10)11-13-6-7-14-11/h1-8H. The molecule has 0 radical (unpaired) electrons. The van der Waals surface area contributed by atoms with E-state index < -0.39 is 0 Å². The highest BCUT2D eigenvalue weighted by Crippen LogP contribution is 2.55. The molecule has 0 N–H and O–H groups in total. The van der Waals surface area contributed by atoms with Crippen LogP contribution in [0.25, 0.3) is 4.91 Å². The Hall–Kier alpha value is -0.160. The summed E-state index contributed by atoms with van der Waals surface area (Å²) >= 11 is 7.37. The van der Waals surface area contributed by atoms with E-state index in [0.717, 1.165) is 0 Å². The Morgan fingerprint density at radius 3 is 2.25 bits per heavy atom. The molecular formula is C12H8S4. The first-order valence-corrected chi connectivity index (χ1v) is 8.22. The fourth-order valence-electron chi connectivity index (χ4n) is 1.38. The van der Waals surface area contributed by atoms with Crippen molar-refractivity contribution in [3.05, 3.63) is 60.6 Å². The topological polar surface area (TPSA) is 0 Å². The van der Waals surface area contributed by atoms with Crippen LogP contribution in [-0.4, -0.2) is 0 Å². The molecule has 0 aliphatic carbocycles. The summed E-state index contributed by atoms with van der Waals surface area (Å²) in [5.74, 6) is 0. The second kappa shape index (κ2) is 5.00. The molecule has 1 aromatic rings. The first-order chi connectivity index (χ1) is 7.93. The van der Waals surface area contributed by atoms with Gasteiger partial charge in [-0.15, -0.1) is 0 Å². The van der Waals surface area contributed by atoms with E-state index in [1.807, 2.05) is 47.0 Å². The molecule has 2 heterocycles. The first kappa shape index (κ1) is 11.0. The van der Waals surface area contributed by atoms with Gasteiger partial charge in [-0.25, -0.2) is 0 Å². The van der Waals surface area contributed by atoms with Gasteiger partial charge < -0.3 is 0 Å². The van der Waals surface area contributed by atoms with Crippen molar-refractivity contribution in [2.75, 3.05) is 0 Å². The predicted octanol–water partition coefficient (Wildman–Crippen LogP) is 5.54. The summed E-state index contributed by atoms with van der Waals surface area (Å²) < 4.78 is 2.83. The number of hydrogen-bond donors (Lipinski definition) is 0.